The van der Waals surface area contributed by atoms with Crippen LogP contribution in [-0.4, -0.2) is 179 Å². The number of Topliss-reactive ketones (excluding diaryl/α,β-unsaturated/α-hetero) is 3. The Balaban J connectivity index is 0.000000217. The Kier molecular flexibility index (Phi) is 21.9. The molecule has 2 saturated heterocycles. The number of aromatic nitrogens is 4. The number of sulfonamides is 1. The summed E-state index contributed by atoms with van der Waals surface area (Å²) in [6.45, 7) is 15.1. The summed E-state index contributed by atoms with van der Waals surface area (Å²) in [5, 5.41) is 15.0. The first-order valence-electron chi connectivity index (χ1n) is 34.1. The third-order valence-electron chi connectivity index (χ3n) is 20.1. The molecule has 0 spiro atoms. The van der Waals surface area contributed by atoms with Crippen molar-refractivity contribution in [1.82, 2.24) is 45.1 Å². The summed E-state index contributed by atoms with van der Waals surface area (Å²) in [7, 11) is -0.668. The number of aryl methyl sites for hydroxylation is 2. The average Bonchev–Trinajstić information content (AvgIpc) is 1.58. The molecule has 2 unspecified atom stereocenters. The number of amides is 3. The standard InChI is InChI=1S/C40H53N5O9S.C30H40N4O7.CH4/c1-6-24-19-40(24,37(48)44-55(50,51)27-13-14-27)20-32(46)31-18-26-21-45(31)22-33(47)35(39(2,3)4)43-38(49)54-34-16-23(34)10-8-7-9-11-29-36(53-26)42-30-17-25(52-5)12-15-28(30)41-29;1-30(2,3)26-24(35)16-34-15-19(14-23(34)28(36)37)40-27-21(31-20-11-10-18(39-4)13-22(20)32-27)9-7-5-6-8-17-12-25(17)41-29(38)33-26;/h6,12,15,17,23-24,26-27,31,34-35H,1,7-11,13-14,16,18-22H2,2-5H3,(H,43,49)(H,44,48);10-11,13,17,19,23,25-26H,5-9,12,14-16H2,1-4H3,(H,33,38)(H,36,37);1H4/t23-,24-,26-,31+,34-,35-,40-;17-,19-,23+,25-,26-;/m11./s1. The summed E-state index contributed by atoms with van der Waals surface area (Å²) in [6.07, 6.45) is 10.8. The molecule has 4 saturated carbocycles. The van der Waals surface area contributed by atoms with E-state index in [1.807, 2.05) is 65.8 Å². The number of alkyl carbamates (subject to hydrolysis) is 2. The van der Waals surface area contributed by atoms with Crippen molar-refractivity contribution in [2.24, 2.45) is 34.0 Å². The van der Waals surface area contributed by atoms with Gasteiger partial charge in [0.25, 0.3) is 0 Å². The minimum atomic E-state index is -3.84. The Morgan fingerprint density at radius 1 is 0.660 bits per heavy atom. The van der Waals surface area contributed by atoms with Crippen molar-refractivity contribution in [2.75, 3.05) is 40.4 Å². The number of methoxy groups -OCH3 is 2. The maximum atomic E-state index is 14.4. The van der Waals surface area contributed by atoms with E-state index in [1.54, 1.807) is 42.2 Å². The first-order chi connectivity index (χ1) is 45.6. The fraction of sp³-hybridized carbons (Fsp3) is 0.648. The lowest BCUT2D eigenvalue weighted by molar-refractivity contribution is -0.142. The van der Waals surface area contributed by atoms with Crippen LogP contribution in [0.4, 0.5) is 9.59 Å². The topological polar surface area (TPSA) is 323 Å². The molecule has 528 valence electrons. The number of ether oxygens (including phenoxy) is 6. The highest BCUT2D eigenvalue weighted by atomic mass is 32.2. The van der Waals surface area contributed by atoms with Crippen LogP contribution in [0, 0.1) is 34.0 Å². The Bertz CT molecular complexity index is 3760. The molecule has 4 aliphatic carbocycles. The summed E-state index contributed by atoms with van der Waals surface area (Å²) in [6, 6.07) is 7.49. The van der Waals surface area contributed by atoms with Crippen LogP contribution in [0.3, 0.4) is 0 Å². The molecule has 0 radical (unpaired) electrons. The number of carboxylic acids is 1. The van der Waals surface area contributed by atoms with Crippen molar-refractivity contribution in [3.8, 4) is 23.3 Å². The van der Waals surface area contributed by atoms with E-state index in [1.165, 1.54) is 0 Å². The molecule has 6 heterocycles. The summed E-state index contributed by atoms with van der Waals surface area (Å²) >= 11 is 0. The first-order valence-corrected chi connectivity index (χ1v) is 35.6. The minimum absolute atomic E-state index is 0. The van der Waals surface area contributed by atoms with Crippen molar-refractivity contribution in [3.63, 3.8) is 0 Å². The number of nitrogens with one attached hydrogen (secondary N) is 3. The van der Waals surface area contributed by atoms with Crippen molar-refractivity contribution < 1.29 is 75.5 Å². The number of allylic oxidation sites excluding steroid dienone is 1. The van der Waals surface area contributed by atoms with E-state index in [-0.39, 0.29) is 94.3 Å². The molecule has 8 aliphatic rings. The van der Waals surface area contributed by atoms with Crippen LogP contribution >= 0.6 is 0 Å². The molecule has 2 aromatic heterocycles. The van der Waals surface area contributed by atoms with Gasteiger partial charge in [0.1, 0.15) is 53.3 Å². The molecule has 14 atom stereocenters. The molecule has 26 heteroatoms. The van der Waals surface area contributed by atoms with Crippen LogP contribution in [0.15, 0.2) is 49.1 Å². The number of carbonyl (C=O) groups is 7. The van der Waals surface area contributed by atoms with Crippen molar-refractivity contribution in [2.45, 2.75) is 218 Å². The number of aliphatic carboxylic acids is 1. The Morgan fingerprint density at radius 2 is 1.12 bits per heavy atom. The third-order valence-corrected chi connectivity index (χ3v) is 22.0. The van der Waals surface area contributed by atoms with E-state index < -0.39 is 92.0 Å². The molecule has 3 amide bonds. The SMILES string of the molecule is C.C=C[C@@H]1C[C@]1(CC(=O)[C@@H]1C[C@@H]2CN1CC(=O)[C@H](C(C)(C)C)NC(=O)O[C@@H]1C[C@H]1CCCCCc1nc3ccc(OC)cc3nc1O2)C(=O)NS(=O)(=O)C1CC1.COc1ccc2nc3c(nc2c1)O[C@@H]1C[C@@H](C(=O)O)N(CC(=O)[C@H](C(C)(C)C)NC(=O)O[C@@H]2C[C@H]2CCCCC3)C1. The highest BCUT2D eigenvalue weighted by Gasteiger charge is 2.61. The number of carbonyl (C=O) groups excluding carboxylic acids is 6. The first kappa shape index (κ1) is 72.2. The summed E-state index contributed by atoms with van der Waals surface area (Å²) in [4.78, 5) is 117. The zero-order chi connectivity index (χ0) is 68.6. The summed E-state index contributed by atoms with van der Waals surface area (Å²) < 4.78 is 62.9. The zero-order valence-electron chi connectivity index (χ0n) is 56.4. The number of benzene rings is 2. The minimum Gasteiger partial charge on any atom is -0.497 e. The second kappa shape index (κ2) is 29.5. The van der Waals surface area contributed by atoms with Crippen molar-refractivity contribution >= 4 is 73.5 Å². The maximum absolute atomic E-state index is 14.4. The average molecular weight is 1360 g/mol. The van der Waals surface area contributed by atoms with E-state index >= 15 is 0 Å². The largest absolute Gasteiger partial charge is 0.497 e. The van der Waals surface area contributed by atoms with Gasteiger partial charge in [0.15, 0.2) is 17.3 Å². The Labute approximate surface area is 568 Å². The molecule has 12 rings (SSSR count). The number of hydrogen-bond acceptors (Lipinski definition) is 21. The summed E-state index contributed by atoms with van der Waals surface area (Å²) in [5.74, 6) is -0.340. The van der Waals surface area contributed by atoms with E-state index in [0.29, 0.717) is 83.5 Å². The number of rotatable bonds is 10. The smallest absolute Gasteiger partial charge is 0.408 e. The number of carboxylic acid groups (broad SMARTS) is 1. The van der Waals surface area contributed by atoms with Gasteiger partial charge in [-0.25, -0.2) is 37.9 Å². The molecule has 4 bridgehead atoms. The van der Waals surface area contributed by atoms with Gasteiger partial charge in [-0.1, -0.05) is 80.7 Å². The second-order valence-corrected chi connectivity index (χ2v) is 31.7. The molecular weight excluding hydrogens is 1270 g/mol. The number of ketones is 3. The van der Waals surface area contributed by atoms with E-state index in [2.05, 4.69) is 21.9 Å². The van der Waals surface area contributed by atoms with Crippen molar-refractivity contribution in [1.29, 1.82) is 0 Å². The Morgan fingerprint density at radius 3 is 1.55 bits per heavy atom. The molecule has 4 aromatic rings. The fourth-order valence-corrected chi connectivity index (χ4v) is 15.5. The van der Waals surface area contributed by atoms with Gasteiger partial charge in [-0.2, -0.15) is 0 Å². The third kappa shape index (κ3) is 17.5. The lowest BCUT2D eigenvalue weighted by Crippen LogP contribution is -2.53. The van der Waals surface area contributed by atoms with Crippen LogP contribution in [-0.2, 0) is 56.3 Å². The fourth-order valence-electron chi connectivity index (χ4n) is 14.1. The van der Waals surface area contributed by atoms with Crippen LogP contribution in [0.1, 0.15) is 163 Å². The van der Waals surface area contributed by atoms with Gasteiger partial charge in [0.2, 0.25) is 27.7 Å². The van der Waals surface area contributed by atoms with E-state index in [4.69, 9.17) is 48.4 Å². The zero-order valence-corrected chi connectivity index (χ0v) is 57.2. The second-order valence-electron chi connectivity index (χ2n) is 29.8. The van der Waals surface area contributed by atoms with Crippen LogP contribution in [0.5, 0.6) is 23.3 Å². The monoisotopic (exact) mass is 1360 g/mol. The molecular formula is C71H97N9O16S. The van der Waals surface area contributed by atoms with Gasteiger partial charge >= 0.3 is 18.2 Å². The van der Waals surface area contributed by atoms with Gasteiger partial charge in [-0.15, -0.1) is 6.58 Å². The quantitative estimate of drug-likeness (QED) is 0.108. The molecule has 25 nitrogen and oxygen atoms in total. The number of fused-ring (bicyclic) bond motifs is 10. The van der Waals surface area contributed by atoms with Gasteiger partial charge in [0.05, 0.1) is 78.2 Å². The Hall–Kier alpha value is -7.58. The van der Waals surface area contributed by atoms with E-state index in [0.717, 1.165) is 75.4 Å². The number of nitrogens with zero attached hydrogens (tertiary/aromatic N) is 6. The highest BCUT2D eigenvalue weighted by molar-refractivity contribution is 7.91. The molecule has 4 aliphatic heterocycles. The summed E-state index contributed by atoms with van der Waals surface area (Å²) in [5.41, 5.74) is 1.56. The predicted molar refractivity (Wildman–Crippen MR) is 360 cm³/mol. The normalized spacial score (nSPS) is 30.3. The van der Waals surface area contributed by atoms with Gasteiger partial charge in [0, 0.05) is 44.5 Å². The molecule has 97 heavy (non-hydrogen) atoms. The lowest BCUT2D eigenvalue weighted by atomic mass is 9.84. The lowest BCUT2D eigenvalue weighted by Gasteiger charge is -2.32. The molecule has 4 N–H and O–H groups in total. The van der Waals surface area contributed by atoms with E-state index in [9.17, 15) is 47.1 Å². The van der Waals surface area contributed by atoms with Gasteiger partial charge < -0.3 is 44.2 Å². The molecule has 6 fully saturated rings. The maximum Gasteiger partial charge on any atom is 0.408 e. The van der Waals surface area contributed by atoms with Gasteiger partial charge in [-0.05, 0) is 123 Å². The van der Waals surface area contributed by atoms with Crippen LogP contribution < -0.4 is 34.3 Å². The van der Waals surface area contributed by atoms with Gasteiger partial charge in [-0.3, -0.25) is 38.5 Å². The van der Waals surface area contributed by atoms with Crippen LogP contribution in [0.25, 0.3) is 22.1 Å². The van der Waals surface area contributed by atoms with Crippen molar-refractivity contribution in [3.05, 3.63) is 60.4 Å². The number of hydrogen-bond donors (Lipinski definition) is 4. The molecule has 2 aromatic carbocycles. The predicted octanol–water partition coefficient (Wildman–Crippen LogP) is 8.83. The van der Waals surface area contributed by atoms with Crippen LogP contribution in [0.2, 0.25) is 0 Å². The highest BCUT2D eigenvalue weighted by Crippen LogP contribution is 2.57.